The molecule has 8 rings (SSSR count). The van der Waals surface area contributed by atoms with Crippen molar-refractivity contribution >= 4 is 43.6 Å². The molecule has 0 radical (unpaired) electrons. The summed E-state index contributed by atoms with van der Waals surface area (Å²) in [6.45, 7) is 10.6. The van der Waals surface area contributed by atoms with Crippen LogP contribution in [0.25, 0.3) is 49.3 Å². The molecule has 0 aliphatic heterocycles. The summed E-state index contributed by atoms with van der Waals surface area (Å²) >= 11 is 0. The minimum Gasteiger partial charge on any atom is -0.336 e. The van der Waals surface area contributed by atoms with Crippen LogP contribution in [-0.4, -0.2) is 9.13 Å². The summed E-state index contributed by atoms with van der Waals surface area (Å²) in [4.78, 5) is 0. The fourth-order valence-electron chi connectivity index (χ4n) is 7.41. The quantitative estimate of drug-likeness (QED) is 0.214. The molecule has 0 fully saturated rings. The van der Waals surface area contributed by atoms with Gasteiger partial charge in [0.1, 0.15) is 0 Å². The zero-order valence-corrected chi connectivity index (χ0v) is 24.4. The van der Waals surface area contributed by atoms with Crippen LogP contribution in [0.15, 0.2) is 109 Å². The van der Waals surface area contributed by atoms with Gasteiger partial charge in [0.15, 0.2) is 0 Å². The minimum atomic E-state index is 0.157. The molecule has 0 atom stereocenters. The van der Waals surface area contributed by atoms with Crippen molar-refractivity contribution in [3.8, 4) is 5.69 Å². The van der Waals surface area contributed by atoms with Gasteiger partial charge in [0, 0.05) is 39.3 Å². The highest BCUT2D eigenvalue weighted by Gasteiger charge is 2.38. The molecule has 5 aromatic carbocycles. The Labute approximate surface area is 241 Å². The van der Waals surface area contributed by atoms with Gasteiger partial charge >= 0.3 is 0 Å². The van der Waals surface area contributed by atoms with Gasteiger partial charge in [0.05, 0.1) is 16.6 Å². The molecule has 7 aromatic rings. The molecule has 2 nitrogen and oxygen atoms in total. The van der Waals surface area contributed by atoms with Crippen LogP contribution in [0.3, 0.4) is 0 Å². The lowest BCUT2D eigenvalue weighted by atomic mass is 9.63. The topological polar surface area (TPSA) is 9.86 Å². The predicted molar refractivity (Wildman–Crippen MR) is 175 cm³/mol. The Morgan fingerprint density at radius 2 is 1.05 bits per heavy atom. The van der Waals surface area contributed by atoms with Crippen LogP contribution in [-0.2, 0) is 17.4 Å². The molecule has 0 bridgehead atoms. The van der Waals surface area contributed by atoms with Crippen molar-refractivity contribution in [2.45, 2.75) is 57.9 Å². The highest BCUT2D eigenvalue weighted by atomic mass is 15.0. The van der Waals surface area contributed by atoms with Crippen molar-refractivity contribution in [1.82, 2.24) is 9.13 Å². The molecule has 0 saturated carbocycles. The maximum atomic E-state index is 2.55. The van der Waals surface area contributed by atoms with Crippen molar-refractivity contribution in [2.24, 2.45) is 0 Å². The Bertz CT molecular complexity index is 2100. The summed E-state index contributed by atoms with van der Waals surface area (Å²) in [5.74, 6) is 0. The Hall–Kier alpha value is -4.30. The summed E-state index contributed by atoms with van der Waals surface area (Å²) in [5.41, 5.74) is 11.0. The molecule has 0 spiro atoms. The maximum Gasteiger partial charge on any atom is 0.0548 e. The first kappa shape index (κ1) is 24.5. The standard InChI is InChI=1S/C39H36N2/c1-38(2)19-20-39(3,4)33-24-37-29(21-32(33)38)31-22-35-30(23-36(31)41(37)27-15-9-6-10-16-27)28-17-11-12-18-34(28)40(35)25-26-13-7-5-8-14-26/h5-18,21-24H,19-20,25H2,1-4H3. The summed E-state index contributed by atoms with van der Waals surface area (Å²) in [6, 6.07) is 40.6. The average molecular weight is 533 g/mol. The Morgan fingerprint density at radius 1 is 0.512 bits per heavy atom. The molecule has 0 saturated heterocycles. The smallest absolute Gasteiger partial charge is 0.0548 e. The van der Waals surface area contributed by atoms with Crippen molar-refractivity contribution in [1.29, 1.82) is 0 Å². The Balaban J connectivity index is 1.52. The molecule has 2 aromatic heterocycles. The van der Waals surface area contributed by atoms with E-state index in [1.165, 1.54) is 78.8 Å². The molecule has 1 aliphatic carbocycles. The molecule has 0 unspecified atom stereocenters. The van der Waals surface area contributed by atoms with E-state index in [2.05, 4.69) is 146 Å². The molecule has 1 aliphatic rings. The molecular weight excluding hydrogens is 496 g/mol. The molecule has 0 N–H and O–H groups in total. The predicted octanol–water partition coefficient (Wildman–Crippen LogP) is 10.3. The van der Waals surface area contributed by atoms with Crippen molar-refractivity contribution < 1.29 is 0 Å². The van der Waals surface area contributed by atoms with Gasteiger partial charge in [-0.05, 0) is 82.8 Å². The number of hydrogen-bond acceptors (Lipinski definition) is 0. The summed E-state index contributed by atoms with van der Waals surface area (Å²) in [5, 5.41) is 5.31. The van der Waals surface area contributed by atoms with E-state index in [0.29, 0.717) is 0 Å². The van der Waals surface area contributed by atoms with E-state index in [0.717, 1.165) is 6.54 Å². The zero-order chi connectivity index (χ0) is 27.9. The van der Waals surface area contributed by atoms with Crippen molar-refractivity contribution in [2.75, 3.05) is 0 Å². The van der Waals surface area contributed by atoms with Gasteiger partial charge in [0.2, 0.25) is 0 Å². The summed E-state index contributed by atoms with van der Waals surface area (Å²) in [7, 11) is 0. The zero-order valence-electron chi connectivity index (χ0n) is 24.4. The third-order valence-electron chi connectivity index (χ3n) is 9.83. The first-order valence-corrected chi connectivity index (χ1v) is 15.0. The van der Waals surface area contributed by atoms with E-state index in [1.807, 2.05) is 0 Å². The number of hydrogen-bond donors (Lipinski definition) is 0. The van der Waals surface area contributed by atoms with Gasteiger partial charge in [-0.15, -0.1) is 0 Å². The number of rotatable bonds is 3. The second-order valence-corrected chi connectivity index (χ2v) is 13.3. The van der Waals surface area contributed by atoms with E-state index < -0.39 is 0 Å². The molecule has 41 heavy (non-hydrogen) atoms. The number of benzene rings is 5. The molecule has 0 amide bonds. The lowest BCUT2D eigenvalue weighted by molar-refractivity contribution is 0.332. The normalized spacial score (nSPS) is 16.1. The van der Waals surface area contributed by atoms with Gasteiger partial charge in [0.25, 0.3) is 0 Å². The van der Waals surface area contributed by atoms with E-state index in [9.17, 15) is 0 Å². The molecule has 2 heterocycles. The van der Waals surface area contributed by atoms with E-state index in [4.69, 9.17) is 0 Å². The van der Waals surface area contributed by atoms with Gasteiger partial charge in [-0.2, -0.15) is 0 Å². The minimum absolute atomic E-state index is 0.157. The fourth-order valence-corrected chi connectivity index (χ4v) is 7.41. The highest BCUT2D eigenvalue weighted by Crippen LogP contribution is 2.49. The van der Waals surface area contributed by atoms with Crippen LogP contribution in [0.5, 0.6) is 0 Å². The van der Waals surface area contributed by atoms with Gasteiger partial charge in [-0.1, -0.05) is 94.4 Å². The van der Waals surface area contributed by atoms with Gasteiger partial charge in [-0.25, -0.2) is 0 Å². The maximum absolute atomic E-state index is 2.55. The highest BCUT2D eigenvalue weighted by molar-refractivity contribution is 6.18. The van der Waals surface area contributed by atoms with E-state index in [-0.39, 0.29) is 10.8 Å². The van der Waals surface area contributed by atoms with Crippen molar-refractivity contribution in [3.05, 3.63) is 126 Å². The van der Waals surface area contributed by atoms with Crippen LogP contribution >= 0.6 is 0 Å². The summed E-state index contributed by atoms with van der Waals surface area (Å²) in [6.07, 6.45) is 2.43. The fraction of sp³-hybridized carbons (Fsp3) is 0.231. The monoisotopic (exact) mass is 532 g/mol. The van der Waals surface area contributed by atoms with Crippen LogP contribution in [0.2, 0.25) is 0 Å². The largest absolute Gasteiger partial charge is 0.336 e. The third-order valence-corrected chi connectivity index (χ3v) is 9.83. The number of nitrogens with zero attached hydrogens (tertiary/aromatic N) is 2. The second kappa shape index (κ2) is 8.60. The average Bonchev–Trinajstić information content (AvgIpc) is 3.46. The van der Waals surface area contributed by atoms with Gasteiger partial charge < -0.3 is 9.13 Å². The van der Waals surface area contributed by atoms with Crippen LogP contribution in [0.4, 0.5) is 0 Å². The third kappa shape index (κ3) is 3.63. The molecule has 202 valence electrons. The lowest BCUT2D eigenvalue weighted by Gasteiger charge is -2.42. The van der Waals surface area contributed by atoms with Crippen LogP contribution in [0, 0.1) is 0 Å². The summed E-state index contributed by atoms with van der Waals surface area (Å²) < 4.78 is 5.02. The first-order valence-electron chi connectivity index (χ1n) is 15.0. The Morgan fingerprint density at radius 3 is 1.78 bits per heavy atom. The number of para-hydroxylation sites is 2. The number of aromatic nitrogens is 2. The van der Waals surface area contributed by atoms with E-state index in [1.54, 1.807) is 0 Å². The number of fused-ring (bicyclic) bond motifs is 7. The lowest BCUT2D eigenvalue weighted by Crippen LogP contribution is -2.33. The van der Waals surface area contributed by atoms with Crippen LogP contribution in [0.1, 0.15) is 57.2 Å². The van der Waals surface area contributed by atoms with E-state index >= 15 is 0 Å². The SMILES string of the molecule is CC1(C)CCC(C)(C)c2cc3c(cc21)c1cc2c(cc1n3-c1ccccc1)c1ccccc1n2Cc1ccccc1. The first-order chi connectivity index (χ1) is 19.8. The van der Waals surface area contributed by atoms with Crippen molar-refractivity contribution in [3.63, 3.8) is 0 Å². The molecular formula is C39H36N2. The Kier molecular flexibility index (Phi) is 5.14. The van der Waals surface area contributed by atoms with Gasteiger partial charge in [-0.3, -0.25) is 0 Å². The molecule has 2 heteroatoms. The second-order valence-electron chi connectivity index (χ2n) is 13.3. The van der Waals surface area contributed by atoms with Crippen LogP contribution < -0.4 is 0 Å².